The molecule has 158 valence electrons. The Labute approximate surface area is 175 Å². The zero-order valence-electron chi connectivity index (χ0n) is 16.8. The predicted octanol–water partition coefficient (Wildman–Crippen LogP) is 1.99. The van der Waals surface area contributed by atoms with Crippen LogP contribution in [0.4, 0.5) is 5.82 Å². The third-order valence-electron chi connectivity index (χ3n) is 5.18. The van der Waals surface area contributed by atoms with Gasteiger partial charge in [-0.15, -0.1) is 0 Å². The maximum absolute atomic E-state index is 12.5. The Hall–Kier alpha value is -2.98. The number of anilines is 1. The first-order chi connectivity index (χ1) is 14.5. The third-order valence-corrected chi connectivity index (χ3v) is 6.69. The van der Waals surface area contributed by atoms with Gasteiger partial charge in [0.2, 0.25) is 10.0 Å². The number of methoxy groups -OCH3 is 2. The van der Waals surface area contributed by atoms with Gasteiger partial charge in [-0.3, -0.25) is 4.98 Å². The molecule has 10 heteroatoms. The summed E-state index contributed by atoms with van der Waals surface area (Å²) in [7, 11) is -0.404. The minimum absolute atomic E-state index is 0.144. The minimum Gasteiger partial charge on any atom is -0.493 e. The molecule has 1 fully saturated rings. The average molecular weight is 430 g/mol. The number of pyridine rings is 1. The van der Waals surface area contributed by atoms with E-state index in [9.17, 15) is 8.42 Å². The highest BCUT2D eigenvalue weighted by Crippen LogP contribution is 2.35. The first kappa shape index (κ1) is 20.3. The van der Waals surface area contributed by atoms with Crippen molar-refractivity contribution in [2.45, 2.75) is 23.8 Å². The first-order valence-corrected chi connectivity index (χ1v) is 11.0. The quantitative estimate of drug-likeness (QED) is 0.634. The molecule has 0 bridgehead atoms. The summed E-state index contributed by atoms with van der Waals surface area (Å²) in [5.74, 6) is 2.02. The van der Waals surface area contributed by atoms with Gasteiger partial charge in [-0.1, -0.05) is 0 Å². The van der Waals surface area contributed by atoms with Crippen LogP contribution in [-0.4, -0.2) is 56.7 Å². The minimum atomic E-state index is -3.58. The summed E-state index contributed by atoms with van der Waals surface area (Å²) in [6.45, 7) is 1.33. The topological polar surface area (TPSA) is 107 Å². The van der Waals surface area contributed by atoms with Crippen LogP contribution in [0, 0.1) is 0 Å². The molecule has 0 spiro atoms. The average Bonchev–Trinajstić information content (AvgIpc) is 2.78. The van der Waals surface area contributed by atoms with Crippen molar-refractivity contribution < 1.29 is 17.9 Å². The van der Waals surface area contributed by atoms with E-state index in [0.717, 1.165) is 16.7 Å². The SMILES string of the molecule is COc1cc2ncnc(N3CCC(NS(=O)(=O)c4cccnc4)CC3)c2cc1OC. The second-order valence-corrected chi connectivity index (χ2v) is 8.71. The van der Waals surface area contributed by atoms with E-state index in [1.54, 1.807) is 32.5 Å². The number of nitrogens with zero attached hydrogens (tertiary/aromatic N) is 4. The fourth-order valence-electron chi connectivity index (χ4n) is 3.62. The molecule has 0 saturated carbocycles. The van der Waals surface area contributed by atoms with E-state index in [2.05, 4.69) is 24.6 Å². The number of rotatable bonds is 6. The lowest BCUT2D eigenvalue weighted by atomic mass is 10.1. The van der Waals surface area contributed by atoms with Crippen LogP contribution in [0.5, 0.6) is 11.5 Å². The molecule has 1 aliphatic heterocycles. The molecular weight excluding hydrogens is 406 g/mol. The highest BCUT2D eigenvalue weighted by Gasteiger charge is 2.26. The van der Waals surface area contributed by atoms with Crippen LogP contribution >= 0.6 is 0 Å². The van der Waals surface area contributed by atoms with Gasteiger partial charge in [-0.2, -0.15) is 0 Å². The summed E-state index contributed by atoms with van der Waals surface area (Å²) < 4.78 is 38.7. The monoisotopic (exact) mass is 429 g/mol. The van der Waals surface area contributed by atoms with Gasteiger partial charge < -0.3 is 14.4 Å². The normalized spacial score (nSPS) is 15.3. The smallest absolute Gasteiger partial charge is 0.242 e. The molecule has 3 heterocycles. The molecule has 1 saturated heterocycles. The molecule has 0 aliphatic carbocycles. The van der Waals surface area contributed by atoms with Gasteiger partial charge in [-0.25, -0.2) is 23.1 Å². The lowest BCUT2D eigenvalue weighted by Gasteiger charge is -2.33. The highest BCUT2D eigenvalue weighted by atomic mass is 32.2. The van der Waals surface area contributed by atoms with Gasteiger partial charge in [0.15, 0.2) is 11.5 Å². The number of hydrogen-bond acceptors (Lipinski definition) is 8. The van der Waals surface area contributed by atoms with Crippen molar-refractivity contribution in [3.63, 3.8) is 0 Å². The lowest BCUT2D eigenvalue weighted by molar-refractivity contribution is 0.355. The van der Waals surface area contributed by atoms with Crippen LogP contribution in [0.2, 0.25) is 0 Å². The number of ether oxygens (including phenoxy) is 2. The molecule has 0 atom stereocenters. The summed E-state index contributed by atoms with van der Waals surface area (Å²) >= 11 is 0. The van der Waals surface area contributed by atoms with E-state index in [1.165, 1.54) is 12.5 Å². The maximum Gasteiger partial charge on any atom is 0.242 e. The molecule has 0 radical (unpaired) electrons. The van der Waals surface area contributed by atoms with Gasteiger partial charge in [0.25, 0.3) is 0 Å². The third kappa shape index (κ3) is 4.01. The number of nitrogens with one attached hydrogen (secondary N) is 1. The molecule has 1 N–H and O–H groups in total. The number of piperidine rings is 1. The standard InChI is InChI=1S/C20H23N5O4S/c1-28-18-10-16-17(11-19(18)29-2)22-13-23-20(16)25-8-5-14(6-9-25)24-30(26,27)15-4-3-7-21-12-15/h3-4,7,10-14,24H,5-6,8-9H2,1-2H3. The number of sulfonamides is 1. The van der Waals surface area contributed by atoms with E-state index in [4.69, 9.17) is 9.47 Å². The Balaban J connectivity index is 1.51. The molecule has 0 amide bonds. The molecule has 1 aliphatic rings. The van der Waals surface area contributed by atoms with E-state index in [-0.39, 0.29) is 10.9 Å². The molecule has 0 unspecified atom stereocenters. The van der Waals surface area contributed by atoms with E-state index in [0.29, 0.717) is 37.4 Å². The van der Waals surface area contributed by atoms with Crippen LogP contribution in [0.3, 0.4) is 0 Å². The summed E-state index contributed by atoms with van der Waals surface area (Å²) in [5, 5.41) is 0.865. The Bertz CT molecular complexity index is 1130. The number of aromatic nitrogens is 3. The Morgan fingerprint density at radius 2 is 1.83 bits per heavy atom. The second-order valence-electron chi connectivity index (χ2n) is 6.99. The largest absolute Gasteiger partial charge is 0.493 e. The molecule has 2 aromatic heterocycles. The second kappa shape index (κ2) is 8.41. The van der Waals surface area contributed by atoms with Gasteiger partial charge in [-0.05, 0) is 31.0 Å². The summed E-state index contributed by atoms with van der Waals surface area (Å²) in [4.78, 5) is 15.0. The molecule has 1 aromatic carbocycles. The van der Waals surface area contributed by atoms with Crippen LogP contribution in [-0.2, 0) is 10.0 Å². The maximum atomic E-state index is 12.5. The molecule has 9 nitrogen and oxygen atoms in total. The van der Waals surface area contributed by atoms with Gasteiger partial charge in [0.1, 0.15) is 17.0 Å². The Morgan fingerprint density at radius 3 is 2.50 bits per heavy atom. The van der Waals surface area contributed by atoms with Crippen LogP contribution in [0.1, 0.15) is 12.8 Å². The van der Waals surface area contributed by atoms with Crippen molar-refractivity contribution in [3.05, 3.63) is 43.0 Å². The van der Waals surface area contributed by atoms with Crippen molar-refractivity contribution in [3.8, 4) is 11.5 Å². The van der Waals surface area contributed by atoms with Crippen molar-refractivity contribution >= 4 is 26.7 Å². The van der Waals surface area contributed by atoms with E-state index >= 15 is 0 Å². The molecule has 3 aromatic rings. The number of fused-ring (bicyclic) bond motifs is 1. The summed E-state index contributed by atoms with van der Waals surface area (Å²) in [6.07, 6.45) is 5.76. The van der Waals surface area contributed by atoms with E-state index in [1.807, 2.05) is 12.1 Å². The fourth-order valence-corrected chi connectivity index (χ4v) is 4.89. The summed E-state index contributed by atoms with van der Waals surface area (Å²) in [5.41, 5.74) is 0.761. The van der Waals surface area contributed by atoms with Gasteiger partial charge in [0.05, 0.1) is 19.7 Å². The van der Waals surface area contributed by atoms with Crippen molar-refractivity contribution in [2.24, 2.45) is 0 Å². The highest BCUT2D eigenvalue weighted by molar-refractivity contribution is 7.89. The molecular formula is C20H23N5O4S. The Kier molecular flexibility index (Phi) is 5.69. The van der Waals surface area contributed by atoms with Crippen molar-refractivity contribution in [2.75, 3.05) is 32.2 Å². The van der Waals surface area contributed by atoms with E-state index < -0.39 is 10.0 Å². The van der Waals surface area contributed by atoms with Crippen molar-refractivity contribution in [1.29, 1.82) is 0 Å². The van der Waals surface area contributed by atoms with Gasteiger partial charge in [0, 0.05) is 43.0 Å². The fraction of sp³-hybridized carbons (Fsp3) is 0.350. The summed E-state index contributed by atoms with van der Waals surface area (Å²) in [6, 6.07) is 6.71. The van der Waals surface area contributed by atoms with Crippen molar-refractivity contribution in [1.82, 2.24) is 19.7 Å². The first-order valence-electron chi connectivity index (χ1n) is 9.56. The van der Waals surface area contributed by atoms with Crippen LogP contribution in [0.25, 0.3) is 10.9 Å². The lowest BCUT2D eigenvalue weighted by Crippen LogP contribution is -2.45. The molecule has 30 heavy (non-hydrogen) atoms. The predicted molar refractivity (Wildman–Crippen MR) is 112 cm³/mol. The molecule has 4 rings (SSSR count). The number of benzene rings is 1. The van der Waals surface area contributed by atoms with Gasteiger partial charge >= 0.3 is 0 Å². The Morgan fingerprint density at radius 1 is 1.10 bits per heavy atom. The zero-order chi connectivity index (χ0) is 21.1. The zero-order valence-corrected chi connectivity index (χ0v) is 17.6. The van der Waals surface area contributed by atoms with Crippen LogP contribution in [0.15, 0.2) is 47.9 Å². The number of hydrogen-bond donors (Lipinski definition) is 1. The van der Waals surface area contributed by atoms with Crippen LogP contribution < -0.4 is 19.1 Å².